The lowest BCUT2D eigenvalue weighted by molar-refractivity contribution is 0.362. The highest BCUT2D eigenvalue weighted by molar-refractivity contribution is 5.85. The van der Waals surface area contributed by atoms with Crippen molar-refractivity contribution in [3.63, 3.8) is 0 Å². The molecular weight excluding hydrogens is 306 g/mol. The van der Waals surface area contributed by atoms with Crippen molar-refractivity contribution in [2.24, 2.45) is 5.73 Å². The van der Waals surface area contributed by atoms with E-state index in [4.69, 9.17) is 14.8 Å². The maximum Gasteiger partial charge on any atom is 0.248 e. The molecule has 0 aliphatic rings. The highest BCUT2D eigenvalue weighted by Gasteiger charge is 2.17. The van der Waals surface area contributed by atoms with Crippen LogP contribution in [0.5, 0.6) is 0 Å². The lowest BCUT2D eigenvalue weighted by Gasteiger charge is -2.06. The first kappa shape index (κ1) is 16.1. The summed E-state index contributed by atoms with van der Waals surface area (Å²) in [4.78, 5) is 8.39. The van der Waals surface area contributed by atoms with Gasteiger partial charge in [-0.3, -0.25) is 0 Å². The second-order valence-electron chi connectivity index (χ2n) is 4.84. The fraction of sp³-hybridized carbons (Fsp3) is 0.286. The summed E-state index contributed by atoms with van der Waals surface area (Å²) in [5.74, 6) is 1.87. The third-order valence-corrected chi connectivity index (χ3v) is 3.07. The van der Waals surface area contributed by atoms with E-state index in [0.717, 1.165) is 5.56 Å². The average molecular weight is 322 g/mol. The number of aromatic nitrogens is 4. The second-order valence-corrected chi connectivity index (χ2v) is 4.84. The van der Waals surface area contributed by atoms with Crippen molar-refractivity contribution in [2.45, 2.75) is 26.3 Å². The molecule has 0 amide bonds. The van der Waals surface area contributed by atoms with Gasteiger partial charge in [0.1, 0.15) is 6.04 Å². The third kappa shape index (κ3) is 3.49. The summed E-state index contributed by atoms with van der Waals surface area (Å²) >= 11 is 0. The fourth-order valence-corrected chi connectivity index (χ4v) is 1.94. The summed E-state index contributed by atoms with van der Waals surface area (Å²) in [5.41, 5.74) is 8.22. The molecule has 0 saturated carbocycles. The zero-order valence-electron chi connectivity index (χ0n) is 12.2. The van der Waals surface area contributed by atoms with Gasteiger partial charge >= 0.3 is 0 Å². The molecule has 0 bridgehead atoms. The van der Waals surface area contributed by atoms with Crippen LogP contribution in [-0.4, -0.2) is 20.3 Å². The molecule has 1 aromatic carbocycles. The van der Waals surface area contributed by atoms with Gasteiger partial charge in [-0.05, 0) is 12.5 Å². The SMILES string of the molecule is Cc1ccc(C(N)c2nc(Cc3noc(C)n3)no2)cc1.Cl. The first-order valence-corrected chi connectivity index (χ1v) is 6.55. The Balaban J connectivity index is 0.00000176. The van der Waals surface area contributed by atoms with Gasteiger partial charge in [0, 0.05) is 6.92 Å². The minimum atomic E-state index is -0.446. The number of aryl methyl sites for hydroxylation is 2. The smallest absolute Gasteiger partial charge is 0.248 e. The molecule has 0 aliphatic carbocycles. The summed E-state index contributed by atoms with van der Waals surface area (Å²) in [5, 5.41) is 7.69. The van der Waals surface area contributed by atoms with Crippen LogP contribution in [0.4, 0.5) is 0 Å². The van der Waals surface area contributed by atoms with Gasteiger partial charge in [-0.25, -0.2) is 0 Å². The van der Waals surface area contributed by atoms with Crippen molar-refractivity contribution in [1.29, 1.82) is 0 Å². The molecule has 0 fully saturated rings. The maximum atomic E-state index is 6.13. The Morgan fingerprint density at radius 3 is 2.27 bits per heavy atom. The molecule has 3 rings (SSSR count). The summed E-state index contributed by atoms with van der Waals surface area (Å²) in [6.07, 6.45) is 0.349. The predicted octanol–water partition coefficient (Wildman–Crippen LogP) is 2.13. The molecule has 2 N–H and O–H groups in total. The number of rotatable bonds is 4. The highest BCUT2D eigenvalue weighted by Crippen LogP contribution is 2.18. The summed E-state index contributed by atoms with van der Waals surface area (Å²) in [6, 6.07) is 7.45. The molecule has 0 saturated heterocycles. The van der Waals surface area contributed by atoms with Crippen LogP contribution in [-0.2, 0) is 6.42 Å². The van der Waals surface area contributed by atoms with Gasteiger partial charge < -0.3 is 14.8 Å². The van der Waals surface area contributed by atoms with E-state index in [1.165, 1.54) is 5.56 Å². The van der Waals surface area contributed by atoms with Crippen LogP contribution >= 0.6 is 12.4 Å². The molecule has 7 nitrogen and oxygen atoms in total. The van der Waals surface area contributed by atoms with Crippen LogP contribution in [0.15, 0.2) is 33.3 Å². The minimum Gasteiger partial charge on any atom is -0.340 e. The number of nitrogens with zero attached hydrogens (tertiary/aromatic N) is 4. The van der Waals surface area contributed by atoms with Crippen molar-refractivity contribution >= 4 is 12.4 Å². The van der Waals surface area contributed by atoms with Gasteiger partial charge in [-0.15, -0.1) is 12.4 Å². The fourth-order valence-electron chi connectivity index (χ4n) is 1.94. The number of hydrogen-bond acceptors (Lipinski definition) is 7. The monoisotopic (exact) mass is 321 g/mol. The number of nitrogens with two attached hydrogens (primary N) is 1. The number of halogens is 1. The standard InChI is InChI=1S/C14H15N5O2.ClH/c1-8-3-5-10(6-4-8)13(15)14-17-12(19-21-14)7-11-16-9(2)20-18-11;/h3-6,13H,7,15H2,1-2H3;1H. The predicted molar refractivity (Wildman–Crippen MR) is 80.6 cm³/mol. The van der Waals surface area contributed by atoms with Crippen molar-refractivity contribution in [3.8, 4) is 0 Å². The first-order valence-electron chi connectivity index (χ1n) is 6.55. The Morgan fingerprint density at radius 2 is 1.64 bits per heavy atom. The van der Waals surface area contributed by atoms with Gasteiger partial charge in [-0.1, -0.05) is 40.1 Å². The number of benzene rings is 1. The van der Waals surface area contributed by atoms with E-state index in [1.54, 1.807) is 6.92 Å². The van der Waals surface area contributed by atoms with E-state index >= 15 is 0 Å². The highest BCUT2D eigenvalue weighted by atomic mass is 35.5. The van der Waals surface area contributed by atoms with Crippen molar-refractivity contribution in [1.82, 2.24) is 20.3 Å². The molecule has 0 radical (unpaired) electrons. The zero-order valence-corrected chi connectivity index (χ0v) is 13.0. The van der Waals surface area contributed by atoms with E-state index < -0.39 is 6.04 Å². The van der Waals surface area contributed by atoms with Crippen LogP contribution in [0.2, 0.25) is 0 Å². The Morgan fingerprint density at radius 1 is 1.00 bits per heavy atom. The van der Waals surface area contributed by atoms with Gasteiger partial charge in [0.15, 0.2) is 11.6 Å². The molecule has 116 valence electrons. The largest absolute Gasteiger partial charge is 0.340 e. The average Bonchev–Trinajstić information content (AvgIpc) is 3.09. The first-order chi connectivity index (χ1) is 10.1. The lowest BCUT2D eigenvalue weighted by Crippen LogP contribution is -2.12. The molecule has 2 heterocycles. The summed E-state index contributed by atoms with van der Waals surface area (Å²) in [6.45, 7) is 3.75. The van der Waals surface area contributed by atoms with Crippen molar-refractivity contribution in [3.05, 3.63) is 58.8 Å². The van der Waals surface area contributed by atoms with E-state index in [-0.39, 0.29) is 12.4 Å². The molecule has 1 unspecified atom stereocenters. The van der Waals surface area contributed by atoms with Gasteiger partial charge in [-0.2, -0.15) is 9.97 Å². The minimum absolute atomic E-state index is 0. The normalized spacial score (nSPS) is 12.0. The molecular formula is C14H16ClN5O2. The van der Waals surface area contributed by atoms with Gasteiger partial charge in [0.2, 0.25) is 11.8 Å². The van der Waals surface area contributed by atoms with E-state index in [9.17, 15) is 0 Å². The maximum absolute atomic E-state index is 6.13. The van der Waals surface area contributed by atoms with Gasteiger partial charge in [0.25, 0.3) is 0 Å². The summed E-state index contributed by atoms with van der Waals surface area (Å²) < 4.78 is 10.1. The molecule has 0 aliphatic heterocycles. The van der Waals surface area contributed by atoms with E-state index in [1.807, 2.05) is 31.2 Å². The van der Waals surface area contributed by atoms with Crippen LogP contribution < -0.4 is 5.73 Å². The van der Waals surface area contributed by atoms with Crippen LogP contribution in [0, 0.1) is 13.8 Å². The van der Waals surface area contributed by atoms with Crippen LogP contribution in [0.25, 0.3) is 0 Å². The molecule has 8 heteroatoms. The number of hydrogen-bond donors (Lipinski definition) is 1. The molecule has 1 atom stereocenters. The lowest BCUT2D eigenvalue weighted by atomic mass is 10.1. The molecule has 0 spiro atoms. The van der Waals surface area contributed by atoms with Crippen molar-refractivity contribution < 1.29 is 9.05 Å². The summed E-state index contributed by atoms with van der Waals surface area (Å²) in [7, 11) is 0. The van der Waals surface area contributed by atoms with Crippen molar-refractivity contribution in [2.75, 3.05) is 0 Å². The molecule has 2 aromatic heterocycles. The Kier molecular flexibility index (Phi) is 4.89. The molecule has 22 heavy (non-hydrogen) atoms. The van der Waals surface area contributed by atoms with Crippen LogP contribution in [0.1, 0.15) is 40.6 Å². The topological polar surface area (TPSA) is 104 Å². The van der Waals surface area contributed by atoms with Gasteiger partial charge in [0.05, 0.1) is 6.42 Å². The quantitative estimate of drug-likeness (QED) is 0.784. The third-order valence-electron chi connectivity index (χ3n) is 3.07. The Bertz CT molecular complexity index is 738. The second kappa shape index (κ2) is 6.67. The zero-order chi connectivity index (χ0) is 14.8. The molecule has 3 aromatic rings. The Labute approximate surface area is 133 Å². The van der Waals surface area contributed by atoms with Crippen LogP contribution in [0.3, 0.4) is 0 Å². The Hall–Kier alpha value is -2.25. The van der Waals surface area contributed by atoms with E-state index in [0.29, 0.717) is 29.9 Å². The van der Waals surface area contributed by atoms with E-state index in [2.05, 4.69) is 20.3 Å².